The molecule has 0 aliphatic carbocycles. The van der Waals surface area contributed by atoms with E-state index in [1.807, 2.05) is 19.9 Å². The lowest BCUT2D eigenvalue weighted by Crippen LogP contribution is -2.21. The van der Waals surface area contributed by atoms with E-state index in [-0.39, 0.29) is 11.1 Å². The number of H-pyrrole nitrogens is 2. The van der Waals surface area contributed by atoms with Gasteiger partial charge in [-0.1, -0.05) is 12.1 Å². The summed E-state index contributed by atoms with van der Waals surface area (Å²) in [6.45, 7) is 3.76. The number of carbonyl (C=O) groups is 1. The molecular weight excluding hydrogens is 310 g/mol. The molecule has 0 saturated heterocycles. The number of aromatic amines is 2. The molecule has 7 heteroatoms. The highest BCUT2D eigenvalue weighted by atomic mass is 16.4. The van der Waals surface area contributed by atoms with Crippen molar-refractivity contribution < 1.29 is 9.90 Å². The fourth-order valence-electron chi connectivity index (χ4n) is 2.16. The van der Waals surface area contributed by atoms with Gasteiger partial charge in [0.25, 0.3) is 5.56 Å². The van der Waals surface area contributed by atoms with Crippen molar-refractivity contribution in [1.29, 1.82) is 0 Å². The van der Waals surface area contributed by atoms with Crippen molar-refractivity contribution in [2.45, 2.75) is 13.8 Å². The Morgan fingerprint density at radius 1 is 1.00 bits per heavy atom. The minimum Gasteiger partial charge on any atom is -0.478 e. The third-order valence-corrected chi connectivity index (χ3v) is 3.33. The molecule has 1 heterocycles. The summed E-state index contributed by atoms with van der Waals surface area (Å²) in [7, 11) is 0. The van der Waals surface area contributed by atoms with Crippen molar-refractivity contribution in [2.24, 2.45) is 0 Å². The zero-order valence-electron chi connectivity index (χ0n) is 13.2. The summed E-state index contributed by atoms with van der Waals surface area (Å²) in [5, 5.41) is 9.08. The van der Waals surface area contributed by atoms with Crippen molar-refractivity contribution in [3.05, 3.63) is 73.9 Å². The van der Waals surface area contributed by atoms with Gasteiger partial charge in [0, 0.05) is 5.69 Å². The molecule has 0 fully saturated rings. The Morgan fingerprint density at radius 2 is 1.62 bits per heavy atom. The van der Waals surface area contributed by atoms with Crippen LogP contribution in [0.5, 0.6) is 0 Å². The molecule has 0 spiro atoms. The normalized spacial score (nSPS) is 10.1. The van der Waals surface area contributed by atoms with E-state index in [2.05, 4.69) is 9.97 Å². The van der Waals surface area contributed by atoms with Gasteiger partial charge in [-0.15, -0.1) is 0 Å². The standard InChI is InChI=1S/C9H8N2O2.C8H9NO2/c1-5-2-3-6-7(4-5)10-9(13)11-8(6)12;1-5-2-3-6(8(10)11)7(9)4-5/h2-4H,1H3,(H2,10,11,12,13);2-4H,9H2,1H3,(H,10,11). The molecule has 124 valence electrons. The summed E-state index contributed by atoms with van der Waals surface area (Å²) in [4.78, 5) is 37.3. The van der Waals surface area contributed by atoms with E-state index in [0.717, 1.165) is 11.1 Å². The van der Waals surface area contributed by atoms with E-state index in [9.17, 15) is 14.4 Å². The Balaban J connectivity index is 0.000000177. The average Bonchev–Trinajstić information content (AvgIpc) is 2.46. The van der Waals surface area contributed by atoms with E-state index in [0.29, 0.717) is 16.6 Å². The molecule has 0 bridgehead atoms. The third kappa shape index (κ3) is 3.89. The lowest BCUT2D eigenvalue weighted by molar-refractivity contribution is 0.0698. The minimum absolute atomic E-state index is 0.163. The van der Waals surface area contributed by atoms with E-state index < -0.39 is 11.7 Å². The fourth-order valence-corrected chi connectivity index (χ4v) is 2.16. The van der Waals surface area contributed by atoms with E-state index in [1.54, 1.807) is 24.3 Å². The molecule has 0 unspecified atom stereocenters. The number of aromatic nitrogens is 2. The lowest BCUT2D eigenvalue weighted by Gasteiger charge is -2.00. The maximum atomic E-state index is 11.2. The van der Waals surface area contributed by atoms with Crippen molar-refractivity contribution in [1.82, 2.24) is 9.97 Å². The monoisotopic (exact) mass is 327 g/mol. The molecule has 0 saturated carbocycles. The highest BCUT2D eigenvalue weighted by Gasteiger charge is 2.05. The molecule has 1 aromatic heterocycles. The summed E-state index contributed by atoms with van der Waals surface area (Å²) in [5.41, 5.74) is 7.65. The first kappa shape index (κ1) is 17.0. The number of hydrogen-bond acceptors (Lipinski definition) is 4. The van der Waals surface area contributed by atoms with Crippen molar-refractivity contribution in [2.75, 3.05) is 5.73 Å². The molecular formula is C17H17N3O4. The predicted molar refractivity (Wildman–Crippen MR) is 92.5 cm³/mol. The van der Waals surface area contributed by atoms with Gasteiger partial charge in [-0.3, -0.25) is 9.78 Å². The lowest BCUT2D eigenvalue weighted by atomic mass is 10.1. The number of fused-ring (bicyclic) bond motifs is 1. The quantitative estimate of drug-likeness (QED) is 0.506. The number of hydrogen-bond donors (Lipinski definition) is 4. The Bertz CT molecular complexity index is 1020. The van der Waals surface area contributed by atoms with Crippen LogP contribution < -0.4 is 17.0 Å². The highest BCUT2D eigenvalue weighted by molar-refractivity contribution is 5.93. The smallest absolute Gasteiger partial charge is 0.337 e. The maximum absolute atomic E-state index is 11.2. The minimum atomic E-state index is -0.984. The largest absolute Gasteiger partial charge is 0.478 e. The summed E-state index contributed by atoms with van der Waals surface area (Å²) in [5.74, 6) is -0.984. The van der Waals surface area contributed by atoms with Crippen LogP contribution in [0, 0.1) is 13.8 Å². The van der Waals surface area contributed by atoms with Crippen LogP contribution in [0.4, 0.5) is 5.69 Å². The first-order valence-corrected chi connectivity index (χ1v) is 7.10. The number of rotatable bonds is 1. The molecule has 24 heavy (non-hydrogen) atoms. The molecule has 7 nitrogen and oxygen atoms in total. The van der Waals surface area contributed by atoms with Gasteiger partial charge >= 0.3 is 11.7 Å². The van der Waals surface area contributed by atoms with E-state index in [4.69, 9.17) is 10.8 Å². The van der Waals surface area contributed by atoms with Gasteiger partial charge in [-0.25, -0.2) is 9.59 Å². The summed E-state index contributed by atoms with van der Waals surface area (Å²) >= 11 is 0. The molecule has 0 aliphatic heterocycles. The van der Waals surface area contributed by atoms with Gasteiger partial charge in [-0.05, 0) is 49.2 Å². The number of carboxylic acids is 1. The fraction of sp³-hybridized carbons (Fsp3) is 0.118. The van der Waals surface area contributed by atoms with Crippen LogP contribution >= 0.6 is 0 Å². The summed E-state index contributed by atoms with van der Waals surface area (Å²) in [6, 6.07) is 10.2. The summed E-state index contributed by atoms with van der Waals surface area (Å²) < 4.78 is 0. The van der Waals surface area contributed by atoms with E-state index in [1.165, 1.54) is 6.07 Å². The molecule has 0 aliphatic rings. The highest BCUT2D eigenvalue weighted by Crippen LogP contribution is 2.13. The van der Waals surface area contributed by atoms with Gasteiger partial charge in [0.2, 0.25) is 0 Å². The molecule has 0 radical (unpaired) electrons. The second kappa shape index (κ2) is 6.82. The number of benzene rings is 2. The molecule has 5 N–H and O–H groups in total. The van der Waals surface area contributed by atoms with Crippen LogP contribution in [0.15, 0.2) is 46.0 Å². The van der Waals surface area contributed by atoms with E-state index >= 15 is 0 Å². The topological polar surface area (TPSA) is 129 Å². The molecule has 2 aromatic carbocycles. The predicted octanol–water partition coefficient (Wildman–Crippen LogP) is 1.80. The Morgan fingerprint density at radius 3 is 2.25 bits per heavy atom. The maximum Gasteiger partial charge on any atom is 0.337 e. The Hall–Kier alpha value is -3.35. The first-order chi connectivity index (χ1) is 11.3. The molecule has 3 rings (SSSR count). The van der Waals surface area contributed by atoms with Crippen LogP contribution in [-0.2, 0) is 0 Å². The van der Waals surface area contributed by atoms with Crippen LogP contribution in [0.2, 0.25) is 0 Å². The second-order valence-corrected chi connectivity index (χ2v) is 5.35. The average molecular weight is 327 g/mol. The number of nitrogens with one attached hydrogen (secondary N) is 2. The van der Waals surface area contributed by atoms with Crippen LogP contribution in [-0.4, -0.2) is 21.0 Å². The SMILES string of the molecule is Cc1ccc(C(=O)O)c(N)c1.Cc1ccc2c(=O)[nH]c(=O)[nH]c2c1. The molecule has 0 amide bonds. The van der Waals surface area contributed by atoms with Crippen LogP contribution in [0.25, 0.3) is 10.9 Å². The zero-order valence-corrected chi connectivity index (χ0v) is 13.2. The van der Waals surface area contributed by atoms with Crippen molar-refractivity contribution >= 4 is 22.6 Å². The number of nitrogens with two attached hydrogens (primary N) is 1. The zero-order chi connectivity index (χ0) is 17.9. The Labute approximate surface area is 136 Å². The van der Waals surface area contributed by atoms with Gasteiger partial charge in [0.05, 0.1) is 16.5 Å². The number of carboxylic acid groups (broad SMARTS) is 1. The number of anilines is 1. The van der Waals surface area contributed by atoms with Crippen LogP contribution in [0.3, 0.4) is 0 Å². The van der Waals surface area contributed by atoms with Crippen molar-refractivity contribution in [3.63, 3.8) is 0 Å². The molecule has 3 aromatic rings. The Kier molecular flexibility index (Phi) is 4.84. The van der Waals surface area contributed by atoms with Gasteiger partial charge in [0.1, 0.15) is 0 Å². The number of aryl methyl sites for hydroxylation is 2. The summed E-state index contributed by atoms with van der Waals surface area (Å²) in [6.07, 6.45) is 0. The second-order valence-electron chi connectivity index (χ2n) is 5.35. The van der Waals surface area contributed by atoms with Crippen LogP contribution in [0.1, 0.15) is 21.5 Å². The molecule has 0 atom stereocenters. The van der Waals surface area contributed by atoms with Crippen molar-refractivity contribution in [3.8, 4) is 0 Å². The third-order valence-electron chi connectivity index (χ3n) is 3.33. The number of nitrogen functional groups attached to an aromatic ring is 1. The van der Waals surface area contributed by atoms with Gasteiger partial charge in [-0.2, -0.15) is 0 Å². The number of aromatic carboxylic acids is 1. The van der Waals surface area contributed by atoms with Gasteiger partial charge < -0.3 is 15.8 Å². The first-order valence-electron chi connectivity index (χ1n) is 7.10. The van der Waals surface area contributed by atoms with Gasteiger partial charge in [0.15, 0.2) is 0 Å².